The number of benzene rings is 3. The van der Waals surface area contributed by atoms with Crippen molar-refractivity contribution in [1.82, 2.24) is 0 Å². The number of allylic oxidation sites excluding steroid dienone is 4. The summed E-state index contributed by atoms with van der Waals surface area (Å²) in [6.07, 6.45) is 3.38. The molecule has 0 aromatic heterocycles. The van der Waals surface area contributed by atoms with Crippen LogP contribution in [0.1, 0.15) is 25.8 Å². The van der Waals surface area contributed by atoms with Gasteiger partial charge in [0.2, 0.25) is 0 Å². The van der Waals surface area contributed by atoms with Crippen molar-refractivity contribution in [2.24, 2.45) is 0 Å². The molecule has 1 N–H and O–H groups in total. The first-order valence-electron chi connectivity index (χ1n) is 9.05. The van der Waals surface area contributed by atoms with E-state index in [2.05, 4.69) is 68.5 Å². The summed E-state index contributed by atoms with van der Waals surface area (Å²) in [5.74, 6) is 0. The van der Waals surface area contributed by atoms with Crippen molar-refractivity contribution in [1.29, 1.82) is 0 Å². The quantitative estimate of drug-likeness (QED) is 0.422. The Balaban J connectivity index is 0. The maximum atomic E-state index is 7.00. The van der Waals surface area contributed by atoms with Gasteiger partial charge in [0.05, 0.1) is 0 Å². The van der Waals surface area contributed by atoms with Crippen molar-refractivity contribution in [2.45, 2.75) is 20.3 Å². The third-order valence-electron chi connectivity index (χ3n) is 4.40. The molecule has 0 spiro atoms. The van der Waals surface area contributed by atoms with Gasteiger partial charge in [-0.2, -0.15) is 36.4 Å². The molecular formula is C26H26Cl2OTi. The molecule has 0 heterocycles. The Bertz CT molecular complexity index is 864. The standard InChI is InChI=1S/C19H17.C6H5.CH4O.2ClH.Ti/c1-14-12-17(13-15(14)2)19-11-7-6-10-18(19)16-8-4-3-5-9-16;1-2-4-6-5-3-1;1-2;;;/h3-8,10-12H,13H2,1-2H3;1-5H;2H,1H3;2*1H;/q2*-1;;;;+4/p-2. The average molecular weight is 473 g/mol. The fourth-order valence-electron chi connectivity index (χ4n) is 2.93. The number of hydrogen-bond donors (Lipinski definition) is 1. The van der Waals surface area contributed by atoms with Gasteiger partial charge in [-0.1, -0.05) is 52.6 Å². The number of rotatable bonds is 2. The van der Waals surface area contributed by atoms with Crippen LogP contribution in [0.4, 0.5) is 0 Å². The van der Waals surface area contributed by atoms with E-state index < -0.39 is 0 Å². The molecule has 154 valence electrons. The van der Waals surface area contributed by atoms with Crippen LogP contribution in [0.2, 0.25) is 0 Å². The maximum absolute atomic E-state index is 7.00. The fraction of sp³-hybridized carbons (Fsp3) is 0.154. The SMILES string of the molecule is CC1=C(C)CC(c2ccccc2-c2[c-]cccc2)=C1.CO.[Cl-].[Cl-].[Ti+4].[c-]1ccccc1. The molecule has 0 unspecified atom stereocenters. The summed E-state index contributed by atoms with van der Waals surface area (Å²) in [7, 11) is 1.00. The molecule has 1 aliphatic rings. The number of aliphatic hydroxyl groups is 1. The Labute approximate surface area is 208 Å². The molecule has 0 amide bonds. The first kappa shape index (κ1) is 30.6. The van der Waals surface area contributed by atoms with Gasteiger partial charge in [0.1, 0.15) is 0 Å². The summed E-state index contributed by atoms with van der Waals surface area (Å²) in [6, 6.07) is 32.6. The molecule has 3 aromatic rings. The molecule has 1 nitrogen and oxygen atoms in total. The Hall–Kier alpha value is -1.61. The number of halogens is 2. The van der Waals surface area contributed by atoms with Crippen LogP contribution >= 0.6 is 0 Å². The molecule has 0 bridgehead atoms. The molecule has 0 saturated heterocycles. The van der Waals surface area contributed by atoms with Crippen molar-refractivity contribution in [3.05, 3.63) is 114 Å². The summed E-state index contributed by atoms with van der Waals surface area (Å²) < 4.78 is 0. The molecular weight excluding hydrogens is 447 g/mol. The Kier molecular flexibility index (Phi) is 17.4. The smallest absolute Gasteiger partial charge is 1.00 e. The van der Waals surface area contributed by atoms with E-state index in [1.807, 2.05) is 42.5 Å². The van der Waals surface area contributed by atoms with Gasteiger partial charge in [0, 0.05) is 7.11 Å². The van der Waals surface area contributed by atoms with Crippen molar-refractivity contribution in [3.63, 3.8) is 0 Å². The molecule has 4 heteroatoms. The van der Waals surface area contributed by atoms with Crippen molar-refractivity contribution in [3.8, 4) is 11.1 Å². The predicted octanol–water partition coefficient (Wildman–Crippen LogP) is 0.378. The van der Waals surface area contributed by atoms with Crippen molar-refractivity contribution in [2.75, 3.05) is 7.11 Å². The molecule has 4 rings (SSSR count). The molecule has 3 aromatic carbocycles. The molecule has 0 saturated carbocycles. The normalized spacial score (nSPS) is 11.1. The zero-order valence-electron chi connectivity index (χ0n) is 17.5. The van der Waals surface area contributed by atoms with Crippen LogP contribution in [-0.2, 0) is 21.7 Å². The monoisotopic (exact) mass is 472 g/mol. The van der Waals surface area contributed by atoms with Crippen molar-refractivity contribution < 1.29 is 51.6 Å². The summed E-state index contributed by atoms with van der Waals surface area (Å²) in [5.41, 5.74) is 8.07. The van der Waals surface area contributed by atoms with E-state index in [0.29, 0.717) is 0 Å². The fourth-order valence-corrected chi connectivity index (χ4v) is 2.93. The summed E-state index contributed by atoms with van der Waals surface area (Å²) in [6.45, 7) is 4.41. The molecule has 0 fully saturated rings. The second-order valence-electron chi connectivity index (χ2n) is 6.21. The van der Waals surface area contributed by atoms with Gasteiger partial charge < -0.3 is 29.9 Å². The van der Waals surface area contributed by atoms with Crippen molar-refractivity contribution >= 4 is 5.57 Å². The van der Waals surface area contributed by atoms with E-state index >= 15 is 0 Å². The second-order valence-corrected chi connectivity index (χ2v) is 6.21. The van der Waals surface area contributed by atoms with E-state index in [9.17, 15) is 0 Å². The largest absolute Gasteiger partial charge is 4.00 e. The first-order valence-corrected chi connectivity index (χ1v) is 9.05. The molecule has 0 aliphatic heterocycles. The van der Waals surface area contributed by atoms with E-state index in [0.717, 1.165) is 13.5 Å². The van der Waals surface area contributed by atoms with Crippen LogP contribution in [0.15, 0.2) is 96.1 Å². The third-order valence-corrected chi connectivity index (χ3v) is 4.40. The van der Waals surface area contributed by atoms with Crippen LogP contribution in [0.25, 0.3) is 16.7 Å². The van der Waals surface area contributed by atoms with Gasteiger partial charge in [0.15, 0.2) is 0 Å². The van der Waals surface area contributed by atoms with Crippen LogP contribution < -0.4 is 24.8 Å². The second kappa shape index (κ2) is 17.1. The van der Waals surface area contributed by atoms with E-state index in [1.165, 1.54) is 33.4 Å². The Morgan fingerprint density at radius 1 is 0.733 bits per heavy atom. The molecule has 0 radical (unpaired) electrons. The minimum atomic E-state index is 0. The Morgan fingerprint density at radius 3 is 1.73 bits per heavy atom. The minimum absolute atomic E-state index is 0. The summed E-state index contributed by atoms with van der Waals surface area (Å²) >= 11 is 0. The summed E-state index contributed by atoms with van der Waals surface area (Å²) in [4.78, 5) is 0. The van der Waals surface area contributed by atoms with Gasteiger partial charge in [-0.05, 0) is 25.8 Å². The average Bonchev–Trinajstić information content (AvgIpc) is 3.10. The van der Waals surface area contributed by atoms with Crippen LogP contribution in [0.3, 0.4) is 0 Å². The zero-order valence-corrected chi connectivity index (χ0v) is 20.6. The number of aliphatic hydroxyl groups excluding tert-OH is 1. The molecule has 0 atom stereocenters. The molecule has 1 aliphatic carbocycles. The van der Waals surface area contributed by atoms with Crippen LogP contribution in [0.5, 0.6) is 0 Å². The topological polar surface area (TPSA) is 20.2 Å². The van der Waals surface area contributed by atoms with Crippen LogP contribution in [-0.4, -0.2) is 12.2 Å². The van der Waals surface area contributed by atoms with Crippen LogP contribution in [0, 0.1) is 12.1 Å². The maximum Gasteiger partial charge on any atom is 4.00 e. The van der Waals surface area contributed by atoms with Gasteiger partial charge in [-0.3, -0.25) is 0 Å². The van der Waals surface area contributed by atoms with E-state index in [4.69, 9.17) is 5.11 Å². The van der Waals surface area contributed by atoms with Gasteiger partial charge in [0.25, 0.3) is 0 Å². The summed E-state index contributed by atoms with van der Waals surface area (Å²) in [5, 5.41) is 7.00. The number of hydrogen-bond acceptors (Lipinski definition) is 1. The minimum Gasteiger partial charge on any atom is -1.00 e. The van der Waals surface area contributed by atoms with Gasteiger partial charge in [-0.15, -0.1) is 35.9 Å². The molecule has 30 heavy (non-hydrogen) atoms. The predicted molar refractivity (Wildman–Crippen MR) is 115 cm³/mol. The first-order chi connectivity index (χ1) is 13.3. The van der Waals surface area contributed by atoms with E-state index in [-0.39, 0.29) is 46.5 Å². The van der Waals surface area contributed by atoms with Gasteiger partial charge >= 0.3 is 21.7 Å². The third kappa shape index (κ3) is 9.04. The van der Waals surface area contributed by atoms with Gasteiger partial charge in [-0.25, -0.2) is 0 Å². The zero-order chi connectivity index (χ0) is 19.5. The Morgan fingerprint density at radius 2 is 1.30 bits per heavy atom. The van der Waals surface area contributed by atoms with E-state index in [1.54, 1.807) is 0 Å².